The number of anilines is 1. The van der Waals surface area contributed by atoms with Gasteiger partial charge in [-0.2, -0.15) is 4.31 Å². The van der Waals surface area contributed by atoms with Gasteiger partial charge < -0.3 is 5.32 Å². The molecule has 0 saturated carbocycles. The highest BCUT2D eigenvalue weighted by molar-refractivity contribution is 8.00. The molecule has 1 amide bonds. The van der Waals surface area contributed by atoms with Crippen molar-refractivity contribution in [1.82, 2.24) is 9.29 Å². The maximum absolute atomic E-state index is 12.6. The lowest BCUT2D eigenvalue weighted by Crippen LogP contribution is -2.30. The zero-order valence-corrected chi connectivity index (χ0v) is 19.2. The Hall–Kier alpha value is -1.90. The van der Waals surface area contributed by atoms with Crippen molar-refractivity contribution < 1.29 is 13.2 Å². The van der Waals surface area contributed by atoms with Gasteiger partial charge in [-0.05, 0) is 36.6 Å². The summed E-state index contributed by atoms with van der Waals surface area (Å²) in [5, 5.41) is 3.21. The number of benzene rings is 1. The van der Waals surface area contributed by atoms with Crippen LogP contribution in [0.3, 0.4) is 0 Å². The average molecular weight is 436 g/mol. The van der Waals surface area contributed by atoms with Crippen LogP contribution in [0.1, 0.15) is 46.1 Å². The van der Waals surface area contributed by atoms with E-state index >= 15 is 0 Å². The van der Waals surface area contributed by atoms with Crippen LogP contribution in [-0.4, -0.2) is 42.0 Å². The van der Waals surface area contributed by atoms with Crippen molar-refractivity contribution in [2.24, 2.45) is 0 Å². The first-order valence-electron chi connectivity index (χ1n) is 9.73. The van der Waals surface area contributed by atoms with Gasteiger partial charge in [0.2, 0.25) is 15.9 Å². The number of amides is 1. The van der Waals surface area contributed by atoms with Crippen molar-refractivity contribution in [2.45, 2.75) is 55.7 Å². The van der Waals surface area contributed by atoms with Crippen LogP contribution in [0.15, 0.2) is 52.5 Å². The number of thioether (sulfide) groups is 1. The van der Waals surface area contributed by atoms with Gasteiger partial charge in [-0.3, -0.25) is 4.79 Å². The molecule has 8 heteroatoms. The first kappa shape index (κ1) is 23.4. The maximum Gasteiger partial charge on any atom is 0.244 e. The molecule has 0 aliphatic carbocycles. The van der Waals surface area contributed by atoms with E-state index in [1.54, 1.807) is 32.9 Å². The molecule has 0 aliphatic heterocycles. The average Bonchev–Trinajstić information content (AvgIpc) is 2.69. The third-order valence-electron chi connectivity index (χ3n) is 4.56. The molecule has 2 aromatic rings. The molecule has 1 unspecified atom stereocenters. The summed E-state index contributed by atoms with van der Waals surface area (Å²) in [4.78, 5) is 17.0. The van der Waals surface area contributed by atoms with Crippen molar-refractivity contribution in [3.05, 3.63) is 48.2 Å². The molecule has 0 radical (unpaired) electrons. The summed E-state index contributed by atoms with van der Waals surface area (Å²) in [6, 6.07) is 11.0. The highest BCUT2D eigenvalue weighted by Gasteiger charge is 2.22. The number of carbonyl (C=O) groups is 1. The van der Waals surface area contributed by atoms with Gasteiger partial charge in [-0.15, -0.1) is 0 Å². The normalized spacial score (nSPS) is 12.9. The summed E-state index contributed by atoms with van der Waals surface area (Å²) < 4.78 is 26.5. The van der Waals surface area contributed by atoms with E-state index in [2.05, 4.69) is 24.1 Å². The third-order valence-corrected chi connectivity index (χ3v) is 7.64. The number of nitrogens with one attached hydrogen (secondary N) is 1. The molecule has 1 aromatic carbocycles. The number of nitrogens with zero attached hydrogens (tertiary/aromatic N) is 2. The third kappa shape index (κ3) is 5.81. The van der Waals surface area contributed by atoms with Crippen LogP contribution in [0.2, 0.25) is 0 Å². The van der Waals surface area contributed by atoms with Gasteiger partial charge in [0, 0.05) is 25.0 Å². The minimum absolute atomic E-state index is 0.121. The molecule has 0 saturated heterocycles. The molecule has 1 N–H and O–H groups in total. The van der Waals surface area contributed by atoms with Crippen molar-refractivity contribution >= 4 is 33.4 Å². The van der Waals surface area contributed by atoms with Crippen molar-refractivity contribution in [3.63, 3.8) is 0 Å². The SMILES string of the molecule is CCN(CC)S(=O)(=O)c1ccc(SC(C)C(=O)Nc2ccccc2C(C)C)nc1. The number of carbonyl (C=O) groups excluding carboxylic acids is 1. The maximum atomic E-state index is 12.6. The molecule has 0 bridgehead atoms. The Kier molecular flexibility index (Phi) is 8.24. The van der Waals surface area contributed by atoms with Gasteiger partial charge in [0.15, 0.2) is 0 Å². The number of hydrogen-bond donors (Lipinski definition) is 1. The fourth-order valence-electron chi connectivity index (χ4n) is 2.88. The fraction of sp³-hybridized carbons (Fsp3) is 0.429. The van der Waals surface area contributed by atoms with E-state index in [1.807, 2.05) is 24.3 Å². The second-order valence-corrected chi connectivity index (χ2v) is 10.2. The van der Waals surface area contributed by atoms with Crippen molar-refractivity contribution in [3.8, 4) is 0 Å². The number of aromatic nitrogens is 1. The van der Waals surface area contributed by atoms with Gasteiger partial charge in [-0.1, -0.05) is 57.7 Å². The molecule has 6 nitrogen and oxygen atoms in total. The monoisotopic (exact) mass is 435 g/mol. The summed E-state index contributed by atoms with van der Waals surface area (Å²) in [5.41, 5.74) is 1.90. The van der Waals surface area contributed by atoms with Crippen LogP contribution in [0, 0.1) is 0 Å². The highest BCUT2D eigenvalue weighted by Crippen LogP contribution is 2.27. The lowest BCUT2D eigenvalue weighted by molar-refractivity contribution is -0.115. The fourth-order valence-corrected chi connectivity index (χ4v) is 5.08. The van der Waals surface area contributed by atoms with E-state index in [0.29, 0.717) is 24.0 Å². The van der Waals surface area contributed by atoms with E-state index in [9.17, 15) is 13.2 Å². The Balaban J connectivity index is 2.08. The zero-order chi connectivity index (χ0) is 21.6. The summed E-state index contributed by atoms with van der Waals surface area (Å²) in [5.74, 6) is 0.182. The molecule has 0 spiro atoms. The van der Waals surface area contributed by atoms with Crippen LogP contribution in [0.25, 0.3) is 0 Å². The second-order valence-electron chi connectivity index (χ2n) is 6.91. The van der Waals surface area contributed by atoms with E-state index in [1.165, 1.54) is 22.3 Å². The van der Waals surface area contributed by atoms with Gasteiger partial charge >= 0.3 is 0 Å². The Labute approximate surface area is 178 Å². The summed E-state index contributed by atoms with van der Waals surface area (Å²) in [6.45, 7) is 10.4. The molecule has 1 atom stereocenters. The van der Waals surface area contributed by atoms with Gasteiger partial charge in [0.05, 0.1) is 10.3 Å². The number of rotatable bonds is 9. The second kappa shape index (κ2) is 10.2. The minimum atomic E-state index is -3.53. The van der Waals surface area contributed by atoms with Crippen molar-refractivity contribution in [1.29, 1.82) is 0 Å². The lowest BCUT2D eigenvalue weighted by atomic mass is 10.0. The number of pyridine rings is 1. The van der Waals surface area contributed by atoms with E-state index in [0.717, 1.165) is 11.3 Å². The molecular weight excluding hydrogens is 406 g/mol. The van der Waals surface area contributed by atoms with Gasteiger partial charge in [0.1, 0.15) is 4.90 Å². The molecule has 0 fully saturated rings. The molecule has 1 aromatic heterocycles. The molecule has 2 rings (SSSR count). The standard InChI is InChI=1S/C21H29N3O3S2/c1-6-24(7-2)29(26,27)17-12-13-20(22-14-17)28-16(5)21(25)23-19-11-9-8-10-18(19)15(3)4/h8-16H,6-7H2,1-5H3,(H,23,25). The van der Waals surface area contributed by atoms with Gasteiger partial charge in [-0.25, -0.2) is 13.4 Å². The Morgan fingerprint density at radius 3 is 2.31 bits per heavy atom. The lowest BCUT2D eigenvalue weighted by Gasteiger charge is -2.18. The first-order chi connectivity index (χ1) is 13.7. The topological polar surface area (TPSA) is 79.4 Å². The molecule has 1 heterocycles. The first-order valence-corrected chi connectivity index (χ1v) is 12.0. The number of hydrogen-bond acceptors (Lipinski definition) is 5. The Bertz CT molecular complexity index is 924. The summed E-state index contributed by atoms with van der Waals surface area (Å²) >= 11 is 1.29. The Morgan fingerprint density at radius 1 is 1.10 bits per heavy atom. The van der Waals surface area contributed by atoms with Crippen LogP contribution < -0.4 is 5.32 Å². The smallest absolute Gasteiger partial charge is 0.244 e. The minimum Gasteiger partial charge on any atom is -0.325 e. The van der Waals surface area contributed by atoms with Crippen LogP contribution in [-0.2, 0) is 14.8 Å². The van der Waals surface area contributed by atoms with Gasteiger partial charge in [0.25, 0.3) is 0 Å². The number of sulfonamides is 1. The predicted molar refractivity (Wildman–Crippen MR) is 119 cm³/mol. The predicted octanol–water partition coefficient (Wildman–Crippen LogP) is 4.35. The molecule has 0 aliphatic rings. The van der Waals surface area contributed by atoms with E-state index in [4.69, 9.17) is 0 Å². The van der Waals surface area contributed by atoms with E-state index < -0.39 is 10.0 Å². The summed E-state index contributed by atoms with van der Waals surface area (Å²) in [6.07, 6.45) is 1.36. The zero-order valence-electron chi connectivity index (χ0n) is 17.5. The molecular formula is C21H29N3O3S2. The highest BCUT2D eigenvalue weighted by atomic mass is 32.2. The molecule has 29 heavy (non-hydrogen) atoms. The van der Waals surface area contributed by atoms with E-state index in [-0.39, 0.29) is 16.1 Å². The van der Waals surface area contributed by atoms with Crippen molar-refractivity contribution in [2.75, 3.05) is 18.4 Å². The van der Waals surface area contributed by atoms with Crippen LogP contribution >= 0.6 is 11.8 Å². The Morgan fingerprint density at radius 2 is 1.76 bits per heavy atom. The largest absolute Gasteiger partial charge is 0.325 e. The molecule has 158 valence electrons. The summed E-state index contributed by atoms with van der Waals surface area (Å²) in [7, 11) is -3.53. The van der Waals surface area contributed by atoms with Crippen LogP contribution in [0.4, 0.5) is 5.69 Å². The van der Waals surface area contributed by atoms with Crippen LogP contribution in [0.5, 0.6) is 0 Å². The quantitative estimate of drug-likeness (QED) is 0.592. The number of para-hydroxylation sites is 1.